The van der Waals surface area contributed by atoms with E-state index in [2.05, 4.69) is 190 Å². The lowest BCUT2D eigenvalue weighted by atomic mass is 9.43. The predicted octanol–water partition coefficient (Wildman–Crippen LogP) is 14.8. The van der Waals surface area contributed by atoms with Gasteiger partial charge in [-0.2, -0.15) is 0 Å². The Bertz CT molecular complexity index is 3960. The van der Waals surface area contributed by atoms with Crippen LogP contribution in [-0.2, 0) is 10.8 Å². The molecule has 0 unspecified atom stereocenters. The Hall–Kier alpha value is -6.76. The summed E-state index contributed by atoms with van der Waals surface area (Å²) in [5.74, 6) is 0. The van der Waals surface area contributed by atoms with E-state index in [1.165, 1.54) is 75.2 Å². The molecule has 0 amide bonds. The van der Waals surface area contributed by atoms with E-state index in [9.17, 15) is 0 Å². The number of aromatic nitrogens is 1. The zero-order valence-electron chi connectivity index (χ0n) is 35.5. The normalized spacial score (nSPS) is 13.9. The minimum atomic E-state index is -0.169. The molecule has 0 spiro atoms. The van der Waals surface area contributed by atoms with Crippen molar-refractivity contribution in [1.29, 1.82) is 0 Å². The van der Waals surface area contributed by atoms with Gasteiger partial charge in [0.15, 0.2) is 0 Å². The number of thiophene rings is 1. The molecule has 0 bridgehead atoms. The second-order valence-corrected chi connectivity index (χ2v) is 20.7. The van der Waals surface area contributed by atoms with Crippen molar-refractivity contribution in [3.8, 4) is 16.8 Å². The summed E-state index contributed by atoms with van der Waals surface area (Å²) >= 11 is 1.94. The fraction of sp³-hybridized carbons (Fsp3) is 0.143. The van der Waals surface area contributed by atoms with Gasteiger partial charge >= 0.3 is 6.85 Å². The first-order chi connectivity index (χ1) is 30.0. The van der Waals surface area contributed by atoms with E-state index in [0.29, 0.717) is 0 Å². The Morgan fingerprint density at radius 2 is 1.13 bits per heavy atom. The molecule has 6 heteroatoms. The third-order valence-corrected chi connectivity index (χ3v) is 15.2. The number of rotatable bonds is 1. The maximum atomic E-state index is 6.75. The number of anilines is 2. The number of furan rings is 2. The van der Waals surface area contributed by atoms with Crippen molar-refractivity contribution in [1.82, 2.24) is 4.57 Å². The first-order valence-corrected chi connectivity index (χ1v) is 22.6. The molecule has 0 atom stereocenters. The van der Waals surface area contributed by atoms with E-state index in [4.69, 9.17) is 8.83 Å². The van der Waals surface area contributed by atoms with Crippen molar-refractivity contribution in [2.75, 3.05) is 4.81 Å². The zero-order chi connectivity index (χ0) is 41.6. The van der Waals surface area contributed by atoms with Crippen LogP contribution >= 0.6 is 11.3 Å². The van der Waals surface area contributed by atoms with Crippen LogP contribution in [0.1, 0.15) is 52.7 Å². The molecular formula is C56H41BN2O2S. The van der Waals surface area contributed by atoms with Gasteiger partial charge in [0.05, 0.1) is 11.0 Å². The van der Waals surface area contributed by atoms with Crippen LogP contribution in [-0.4, -0.2) is 11.4 Å². The lowest BCUT2D eigenvalue weighted by molar-refractivity contribution is 0.590. The summed E-state index contributed by atoms with van der Waals surface area (Å²) in [7, 11) is 0. The molecule has 2 aliphatic heterocycles. The molecule has 6 heterocycles. The maximum Gasteiger partial charge on any atom is 0.333 e. The SMILES string of the molecule is CC(C)(C)c1ccc(N2B3c4cc5c(cc4-n4c6ccc(C(C)(C)C)cc6c6c7sc8ccccc8c7c(c3c64)-c3cc4c(cc32)oc2ccccc24)oc2ccccc25)cc1. The second-order valence-electron chi connectivity index (χ2n) is 19.7. The summed E-state index contributed by atoms with van der Waals surface area (Å²) < 4.78 is 18.7. The molecule has 0 N–H and O–H groups in total. The number of benzene rings is 8. The highest BCUT2D eigenvalue weighted by Crippen LogP contribution is 2.54. The van der Waals surface area contributed by atoms with Gasteiger partial charge in [-0.05, 0) is 87.0 Å². The summed E-state index contributed by atoms with van der Waals surface area (Å²) in [4.78, 5) is 2.63. The van der Waals surface area contributed by atoms with Crippen molar-refractivity contribution in [2.45, 2.75) is 52.4 Å². The Kier molecular flexibility index (Phi) is 6.52. The largest absolute Gasteiger partial charge is 0.456 e. The topological polar surface area (TPSA) is 34.5 Å². The van der Waals surface area contributed by atoms with Gasteiger partial charge in [-0.1, -0.05) is 120 Å². The van der Waals surface area contributed by atoms with E-state index in [1.54, 1.807) is 0 Å². The predicted molar refractivity (Wildman–Crippen MR) is 265 cm³/mol. The van der Waals surface area contributed by atoms with Gasteiger partial charge in [-0.3, -0.25) is 0 Å². The van der Waals surface area contributed by atoms with Crippen LogP contribution in [0, 0.1) is 0 Å². The van der Waals surface area contributed by atoms with Gasteiger partial charge in [0.25, 0.3) is 0 Å². The quantitative estimate of drug-likeness (QED) is 0.155. The molecule has 0 radical (unpaired) electrons. The number of nitrogens with zero attached hydrogens (tertiary/aromatic N) is 2. The molecular weight excluding hydrogens is 776 g/mol. The monoisotopic (exact) mass is 816 g/mol. The van der Waals surface area contributed by atoms with Crippen LogP contribution in [0.25, 0.3) is 103 Å². The summed E-state index contributed by atoms with van der Waals surface area (Å²) in [5, 5.41) is 9.82. The average Bonchev–Trinajstić information content (AvgIpc) is 4.02. The summed E-state index contributed by atoms with van der Waals surface area (Å²) in [6.07, 6.45) is 0. The fourth-order valence-electron chi connectivity index (χ4n) is 11.1. The van der Waals surface area contributed by atoms with Crippen LogP contribution in [0.3, 0.4) is 0 Å². The van der Waals surface area contributed by atoms with Crippen LogP contribution in [0.2, 0.25) is 0 Å². The molecule has 0 saturated carbocycles. The third kappa shape index (κ3) is 4.42. The van der Waals surface area contributed by atoms with E-state index in [-0.39, 0.29) is 17.7 Å². The first-order valence-electron chi connectivity index (χ1n) is 21.8. The Labute approximate surface area is 362 Å². The second kappa shape index (κ2) is 11.6. The van der Waals surface area contributed by atoms with Crippen molar-refractivity contribution >= 4 is 126 Å². The molecule has 296 valence electrons. The van der Waals surface area contributed by atoms with E-state index < -0.39 is 0 Å². The van der Waals surface area contributed by atoms with Gasteiger partial charge in [0, 0.05) is 87.2 Å². The third-order valence-electron chi connectivity index (χ3n) is 14.1. The molecule has 12 aromatic rings. The lowest BCUT2D eigenvalue weighted by Gasteiger charge is -2.42. The van der Waals surface area contributed by atoms with E-state index in [1.807, 2.05) is 11.3 Å². The number of hydrogen-bond donors (Lipinski definition) is 0. The minimum absolute atomic E-state index is 0.0153. The van der Waals surface area contributed by atoms with Crippen LogP contribution in [0.4, 0.5) is 11.4 Å². The number of fused-ring (bicyclic) bond motifs is 19. The summed E-state index contributed by atoms with van der Waals surface area (Å²) in [6.45, 7) is 13.7. The van der Waals surface area contributed by atoms with Gasteiger partial charge in [-0.25, -0.2) is 0 Å². The lowest BCUT2D eigenvalue weighted by Crippen LogP contribution is -2.60. The Morgan fingerprint density at radius 3 is 1.82 bits per heavy atom. The van der Waals surface area contributed by atoms with Crippen molar-refractivity contribution in [3.63, 3.8) is 0 Å². The van der Waals surface area contributed by atoms with E-state index >= 15 is 0 Å². The van der Waals surface area contributed by atoms with Crippen LogP contribution in [0.5, 0.6) is 0 Å². The highest BCUT2D eigenvalue weighted by atomic mass is 32.1. The molecule has 8 aromatic carbocycles. The van der Waals surface area contributed by atoms with Crippen molar-refractivity contribution in [2.24, 2.45) is 0 Å². The fourth-order valence-corrected chi connectivity index (χ4v) is 12.4. The Balaban J connectivity index is 1.24. The molecule has 62 heavy (non-hydrogen) atoms. The molecule has 2 aliphatic rings. The van der Waals surface area contributed by atoms with Gasteiger partial charge in [0.1, 0.15) is 22.3 Å². The zero-order valence-corrected chi connectivity index (χ0v) is 36.3. The average molecular weight is 817 g/mol. The molecule has 4 aromatic heterocycles. The van der Waals surface area contributed by atoms with E-state index in [0.717, 1.165) is 60.9 Å². The van der Waals surface area contributed by atoms with Gasteiger partial charge in [0.2, 0.25) is 0 Å². The smallest absolute Gasteiger partial charge is 0.333 e. The summed E-state index contributed by atoms with van der Waals surface area (Å²) in [5.41, 5.74) is 17.4. The molecule has 0 fully saturated rings. The molecule has 4 nitrogen and oxygen atoms in total. The molecule has 14 rings (SSSR count). The van der Waals surface area contributed by atoms with Crippen molar-refractivity contribution < 1.29 is 8.83 Å². The van der Waals surface area contributed by atoms with Crippen LogP contribution in [0.15, 0.2) is 148 Å². The van der Waals surface area contributed by atoms with Crippen molar-refractivity contribution in [3.05, 3.63) is 151 Å². The molecule has 0 saturated heterocycles. The highest BCUT2D eigenvalue weighted by Gasteiger charge is 2.46. The number of hydrogen-bond acceptors (Lipinski definition) is 4. The maximum absolute atomic E-state index is 6.75. The van der Waals surface area contributed by atoms with Gasteiger partial charge in [-0.15, -0.1) is 11.3 Å². The Morgan fingerprint density at radius 1 is 0.516 bits per heavy atom. The first kappa shape index (κ1) is 34.9. The number of para-hydroxylation sites is 2. The van der Waals surface area contributed by atoms with Gasteiger partial charge < -0.3 is 18.2 Å². The minimum Gasteiger partial charge on any atom is -0.456 e. The van der Waals surface area contributed by atoms with Crippen LogP contribution < -0.4 is 15.7 Å². The standard InChI is InChI=1S/C56H41BN2O2S/c1-55(2,3)30-19-22-32(23-20-30)59-42-28-46-36(33-13-7-10-16-44(33)60-46)26-39(42)49-50-35-15-9-12-18-48(35)62-54(50)51-38-25-31(56(4,5)6)21-24-41(38)58-43-29-47-37(34-14-8-11-17-45(34)61-47)27-40(43)57(59)52(49)53(51)58/h7-29H,1-6H3. The summed E-state index contributed by atoms with van der Waals surface area (Å²) in [6, 6.07) is 52.2. The molecule has 0 aliphatic carbocycles. The highest BCUT2D eigenvalue weighted by molar-refractivity contribution is 7.27.